The van der Waals surface area contributed by atoms with Gasteiger partial charge in [-0.2, -0.15) is 0 Å². The zero-order chi connectivity index (χ0) is 16.1. The first-order valence-electron chi connectivity index (χ1n) is 8.60. The lowest BCUT2D eigenvalue weighted by molar-refractivity contribution is 0.0293. The number of carbonyl (C=O) groups excluding carboxylic acids is 1. The molecule has 3 saturated heterocycles. The normalized spacial score (nSPS) is 26.1. The highest BCUT2D eigenvalue weighted by molar-refractivity contribution is 7.25. The van der Waals surface area contributed by atoms with Crippen molar-refractivity contribution in [2.24, 2.45) is 5.92 Å². The standard InChI is InChI=1S/C19H19N3OS/c23-19(21-18-9-12-5-7-22(18)8-6-12)15-10-17-14(11-20-15)13-3-1-2-4-16(13)24-17/h1-4,10-12,18H,5-9H2,(H,21,23). The van der Waals surface area contributed by atoms with E-state index >= 15 is 0 Å². The molecule has 1 unspecified atom stereocenters. The second-order valence-corrected chi connectivity index (χ2v) is 7.95. The molecular weight excluding hydrogens is 318 g/mol. The van der Waals surface area contributed by atoms with Crippen LogP contribution in [0, 0.1) is 5.92 Å². The van der Waals surface area contributed by atoms with Gasteiger partial charge in [0.2, 0.25) is 0 Å². The molecule has 3 aromatic rings. The van der Waals surface area contributed by atoms with E-state index in [4.69, 9.17) is 0 Å². The lowest BCUT2D eigenvalue weighted by Crippen LogP contribution is -2.56. The van der Waals surface area contributed by atoms with Crippen LogP contribution in [0.25, 0.3) is 20.2 Å². The first-order chi connectivity index (χ1) is 11.8. The summed E-state index contributed by atoms with van der Waals surface area (Å²) < 4.78 is 2.37. The zero-order valence-electron chi connectivity index (χ0n) is 13.4. The number of carbonyl (C=O) groups is 1. The summed E-state index contributed by atoms with van der Waals surface area (Å²) in [5, 5.41) is 5.54. The molecule has 4 nitrogen and oxygen atoms in total. The number of hydrogen-bond acceptors (Lipinski definition) is 4. The van der Waals surface area contributed by atoms with Crippen molar-refractivity contribution in [2.45, 2.75) is 25.4 Å². The highest BCUT2D eigenvalue weighted by Crippen LogP contribution is 2.34. The number of thiophene rings is 1. The van der Waals surface area contributed by atoms with E-state index in [0.29, 0.717) is 5.69 Å². The van der Waals surface area contributed by atoms with Crippen molar-refractivity contribution >= 4 is 37.4 Å². The van der Waals surface area contributed by atoms with Crippen molar-refractivity contribution in [2.75, 3.05) is 13.1 Å². The summed E-state index contributed by atoms with van der Waals surface area (Å²) >= 11 is 1.72. The molecule has 3 fully saturated rings. The van der Waals surface area contributed by atoms with Crippen LogP contribution in [0.1, 0.15) is 29.8 Å². The molecule has 0 aliphatic carbocycles. The Hall–Kier alpha value is -1.98. The van der Waals surface area contributed by atoms with Crippen molar-refractivity contribution in [1.29, 1.82) is 0 Å². The summed E-state index contributed by atoms with van der Waals surface area (Å²) in [6.07, 6.45) is 5.66. The SMILES string of the molecule is O=C(NC1CC2CCN1CC2)c1cc2sc3ccccc3c2cn1. The molecule has 5 heteroatoms. The number of benzene rings is 1. The van der Waals surface area contributed by atoms with Gasteiger partial charge in [0, 0.05) is 39.5 Å². The van der Waals surface area contributed by atoms with Gasteiger partial charge in [-0.05, 0) is 37.3 Å². The van der Waals surface area contributed by atoms with Crippen LogP contribution < -0.4 is 5.32 Å². The van der Waals surface area contributed by atoms with E-state index in [0.717, 1.165) is 35.5 Å². The predicted molar refractivity (Wildman–Crippen MR) is 97.3 cm³/mol. The molecule has 5 heterocycles. The Morgan fingerprint density at radius 2 is 2.00 bits per heavy atom. The minimum atomic E-state index is -0.0492. The molecular formula is C19H19N3OS. The summed E-state index contributed by atoms with van der Waals surface area (Å²) in [5.74, 6) is 0.727. The molecule has 122 valence electrons. The number of nitrogens with one attached hydrogen (secondary N) is 1. The van der Waals surface area contributed by atoms with Crippen molar-refractivity contribution < 1.29 is 4.79 Å². The largest absolute Gasteiger partial charge is 0.335 e. The highest BCUT2D eigenvalue weighted by Gasteiger charge is 2.34. The molecule has 2 bridgehead atoms. The third-order valence-electron chi connectivity index (χ3n) is 5.44. The first-order valence-corrected chi connectivity index (χ1v) is 9.42. The zero-order valence-corrected chi connectivity index (χ0v) is 14.2. The fourth-order valence-corrected chi connectivity index (χ4v) is 5.20. The van der Waals surface area contributed by atoms with Gasteiger partial charge in [-0.25, -0.2) is 0 Å². The van der Waals surface area contributed by atoms with Gasteiger partial charge in [-0.1, -0.05) is 18.2 Å². The third-order valence-corrected chi connectivity index (χ3v) is 6.57. The Morgan fingerprint density at radius 1 is 1.17 bits per heavy atom. The summed E-state index contributed by atoms with van der Waals surface area (Å²) in [7, 11) is 0. The van der Waals surface area contributed by atoms with Crippen molar-refractivity contribution in [3.8, 4) is 0 Å². The maximum Gasteiger partial charge on any atom is 0.271 e. The van der Waals surface area contributed by atoms with Gasteiger partial charge in [0.05, 0.1) is 6.17 Å². The van der Waals surface area contributed by atoms with E-state index in [-0.39, 0.29) is 12.1 Å². The first kappa shape index (κ1) is 14.4. The van der Waals surface area contributed by atoms with Gasteiger partial charge in [0.25, 0.3) is 5.91 Å². The summed E-state index contributed by atoms with van der Waals surface area (Å²) in [5.41, 5.74) is 0.525. The maximum absolute atomic E-state index is 12.7. The van der Waals surface area contributed by atoms with Gasteiger partial charge in [-0.3, -0.25) is 14.7 Å². The lowest BCUT2D eigenvalue weighted by atomic mass is 9.86. The molecule has 1 N–H and O–H groups in total. The molecule has 1 aromatic carbocycles. The number of pyridine rings is 1. The van der Waals surface area contributed by atoms with Gasteiger partial charge in [0.15, 0.2) is 0 Å². The second kappa shape index (κ2) is 5.53. The summed E-state index contributed by atoms with van der Waals surface area (Å²) in [6, 6.07) is 10.3. The summed E-state index contributed by atoms with van der Waals surface area (Å²) in [4.78, 5) is 19.5. The molecule has 1 amide bonds. The Balaban J connectivity index is 1.43. The van der Waals surface area contributed by atoms with Crippen LogP contribution in [-0.4, -0.2) is 35.0 Å². The van der Waals surface area contributed by atoms with E-state index in [9.17, 15) is 4.79 Å². The topological polar surface area (TPSA) is 45.2 Å². The molecule has 2 aromatic heterocycles. The Kier molecular flexibility index (Phi) is 3.31. The van der Waals surface area contributed by atoms with E-state index in [1.807, 2.05) is 24.4 Å². The average molecular weight is 337 g/mol. The maximum atomic E-state index is 12.7. The second-order valence-electron chi connectivity index (χ2n) is 6.87. The minimum Gasteiger partial charge on any atom is -0.335 e. The Morgan fingerprint density at radius 3 is 2.79 bits per heavy atom. The molecule has 24 heavy (non-hydrogen) atoms. The number of fused-ring (bicyclic) bond motifs is 6. The number of aromatic nitrogens is 1. The number of nitrogens with zero attached hydrogens (tertiary/aromatic N) is 2. The van der Waals surface area contributed by atoms with E-state index < -0.39 is 0 Å². The third kappa shape index (κ3) is 2.31. The molecule has 6 rings (SSSR count). The number of piperidine rings is 3. The van der Waals surface area contributed by atoms with Crippen LogP contribution >= 0.6 is 11.3 Å². The summed E-state index contributed by atoms with van der Waals surface area (Å²) in [6.45, 7) is 2.22. The number of amides is 1. The molecule has 0 spiro atoms. The number of hydrogen-bond donors (Lipinski definition) is 1. The van der Waals surface area contributed by atoms with E-state index in [1.54, 1.807) is 11.3 Å². The lowest BCUT2D eigenvalue weighted by Gasteiger charge is -2.45. The van der Waals surface area contributed by atoms with Crippen molar-refractivity contribution in [3.63, 3.8) is 0 Å². The monoisotopic (exact) mass is 337 g/mol. The van der Waals surface area contributed by atoms with Gasteiger partial charge < -0.3 is 5.32 Å². The van der Waals surface area contributed by atoms with E-state index in [2.05, 4.69) is 27.3 Å². The quantitative estimate of drug-likeness (QED) is 0.777. The fraction of sp³-hybridized carbons (Fsp3) is 0.368. The fourth-order valence-electron chi connectivity index (χ4n) is 4.09. The van der Waals surface area contributed by atoms with Crippen molar-refractivity contribution in [1.82, 2.24) is 15.2 Å². The molecule has 1 atom stereocenters. The van der Waals surface area contributed by atoms with Crippen LogP contribution in [0.4, 0.5) is 0 Å². The van der Waals surface area contributed by atoms with Crippen molar-refractivity contribution in [3.05, 3.63) is 42.2 Å². The molecule has 3 aliphatic rings. The minimum absolute atomic E-state index is 0.0492. The van der Waals surface area contributed by atoms with Crippen LogP contribution in [-0.2, 0) is 0 Å². The molecule has 0 saturated carbocycles. The van der Waals surface area contributed by atoms with Crippen LogP contribution in [0.3, 0.4) is 0 Å². The van der Waals surface area contributed by atoms with Gasteiger partial charge in [0.1, 0.15) is 5.69 Å². The predicted octanol–water partition coefficient (Wildman–Crippen LogP) is 3.62. The van der Waals surface area contributed by atoms with E-state index in [1.165, 1.54) is 22.9 Å². The van der Waals surface area contributed by atoms with Crippen LogP contribution in [0.15, 0.2) is 36.5 Å². The Bertz CT molecular complexity index is 927. The molecule has 0 radical (unpaired) electrons. The van der Waals surface area contributed by atoms with Crippen LogP contribution in [0.2, 0.25) is 0 Å². The molecule has 3 aliphatic heterocycles. The Labute approximate surface area is 144 Å². The number of rotatable bonds is 2. The van der Waals surface area contributed by atoms with Crippen LogP contribution in [0.5, 0.6) is 0 Å². The van der Waals surface area contributed by atoms with Gasteiger partial charge >= 0.3 is 0 Å². The smallest absolute Gasteiger partial charge is 0.271 e. The average Bonchev–Trinajstić information content (AvgIpc) is 3.00. The highest BCUT2D eigenvalue weighted by atomic mass is 32.1. The van der Waals surface area contributed by atoms with Gasteiger partial charge in [-0.15, -0.1) is 11.3 Å².